The number of hydrogen-bond donors (Lipinski definition) is 1. The average Bonchev–Trinajstić information content (AvgIpc) is 1.91. The van der Waals surface area contributed by atoms with Crippen molar-refractivity contribution in [1.29, 1.82) is 0 Å². The van der Waals surface area contributed by atoms with Crippen LogP contribution in [0.4, 0.5) is 0 Å². The van der Waals surface area contributed by atoms with Gasteiger partial charge >= 0.3 is 0 Å². The van der Waals surface area contributed by atoms with Crippen molar-refractivity contribution in [3.05, 3.63) is 12.5 Å². The Morgan fingerprint density at radius 3 is 2.67 bits per heavy atom. The Morgan fingerprint density at radius 2 is 2.44 bits per heavy atom. The second-order valence-electron chi connectivity index (χ2n) is 2.56. The SMILES string of the molecule is CC1C2OC=CN1C2N. The Morgan fingerprint density at radius 1 is 1.67 bits per heavy atom. The first-order valence-electron chi connectivity index (χ1n) is 3.16. The van der Waals surface area contributed by atoms with Crippen LogP contribution in [0.25, 0.3) is 0 Å². The van der Waals surface area contributed by atoms with E-state index in [-0.39, 0.29) is 12.3 Å². The van der Waals surface area contributed by atoms with Crippen LogP contribution in [0.2, 0.25) is 0 Å². The summed E-state index contributed by atoms with van der Waals surface area (Å²) < 4.78 is 5.22. The first-order valence-corrected chi connectivity index (χ1v) is 3.16. The lowest BCUT2D eigenvalue weighted by atomic mass is 9.97. The average molecular weight is 126 g/mol. The molecule has 0 saturated carbocycles. The summed E-state index contributed by atoms with van der Waals surface area (Å²) in [5.41, 5.74) is 5.67. The molecular formula is C6H10N2O. The van der Waals surface area contributed by atoms with Gasteiger partial charge in [-0.25, -0.2) is 0 Å². The van der Waals surface area contributed by atoms with E-state index in [1.807, 2.05) is 6.20 Å². The molecular weight excluding hydrogens is 116 g/mol. The van der Waals surface area contributed by atoms with E-state index in [0.29, 0.717) is 6.04 Å². The molecule has 2 bridgehead atoms. The van der Waals surface area contributed by atoms with Gasteiger partial charge in [0.15, 0.2) is 6.10 Å². The number of hydrogen-bond acceptors (Lipinski definition) is 3. The van der Waals surface area contributed by atoms with Crippen LogP contribution in [0.15, 0.2) is 12.5 Å². The Balaban J connectivity index is 2.21. The molecule has 0 aliphatic carbocycles. The Labute approximate surface area is 54.1 Å². The molecule has 3 heteroatoms. The van der Waals surface area contributed by atoms with E-state index in [9.17, 15) is 0 Å². The van der Waals surface area contributed by atoms with Crippen molar-refractivity contribution in [3.8, 4) is 0 Å². The number of ether oxygens (including phenoxy) is 1. The molecule has 3 aliphatic heterocycles. The second-order valence-corrected chi connectivity index (χ2v) is 2.56. The number of fused-ring (bicyclic) bond motifs is 1. The summed E-state index contributed by atoms with van der Waals surface area (Å²) in [4.78, 5) is 2.09. The summed E-state index contributed by atoms with van der Waals surface area (Å²) in [5.74, 6) is 0. The van der Waals surface area contributed by atoms with E-state index in [0.717, 1.165) is 0 Å². The largest absolute Gasteiger partial charge is 0.491 e. The van der Waals surface area contributed by atoms with Gasteiger partial charge in [0.05, 0.1) is 12.3 Å². The van der Waals surface area contributed by atoms with Crippen molar-refractivity contribution in [2.45, 2.75) is 25.2 Å². The van der Waals surface area contributed by atoms with Crippen molar-refractivity contribution in [3.63, 3.8) is 0 Å². The number of rotatable bonds is 0. The summed E-state index contributed by atoms with van der Waals surface area (Å²) >= 11 is 0. The molecule has 0 aromatic heterocycles. The van der Waals surface area contributed by atoms with E-state index < -0.39 is 0 Å². The van der Waals surface area contributed by atoms with Crippen LogP contribution in [0.1, 0.15) is 6.92 Å². The van der Waals surface area contributed by atoms with Gasteiger partial charge in [-0.2, -0.15) is 0 Å². The summed E-state index contributed by atoms with van der Waals surface area (Å²) in [6.45, 7) is 2.11. The third kappa shape index (κ3) is 0.452. The summed E-state index contributed by atoms with van der Waals surface area (Å²) in [5, 5.41) is 0. The molecule has 0 radical (unpaired) electrons. The molecule has 50 valence electrons. The first-order chi connectivity index (χ1) is 4.30. The van der Waals surface area contributed by atoms with Gasteiger partial charge in [-0.05, 0) is 6.92 Å². The Bertz CT molecular complexity index is 147. The standard InChI is InChI=1S/C6H10N2O/c1-4-5-6(7)8(4)2-3-9-5/h2-6H,7H2,1H3. The van der Waals surface area contributed by atoms with Crippen LogP contribution >= 0.6 is 0 Å². The molecule has 3 unspecified atom stereocenters. The lowest BCUT2D eigenvalue weighted by Gasteiger charge is -2.53. The summed E-state index contributed by atoms with van der Waals surface area (Å²) in [7, 11) is 0. The highest BCUT2D eigenvalue weighted by Gasteiger charge is 2.45. The van der Waals surface area contributed by atoms with Crippen molar-refractivity contribution in [2.75, 3.05) is 0 Å². The van der Waals surface area contributed by atoms with Crippen molar-refractivity contribution >= 4 is 0 Å². The molecule has 3 heterocycles. The molecule has 3 nitrogen and oxygen atoms in total. The highest BCUT2D eigenvalue weighted by atomic mass is 16.5. The highest BCUT2D eigenvalue weighted by molar-refractivity contribution is 5.06. The number of nitrogens with two attached hydrogens (primary N) is 1. The maximum Gasteiger partial charge on any atom is 0.151 e. The van der Waals surface area contributed by atoms with E-state index in [1.54, 1.807) is 6.26 Å². The van der Waals surface area contributed by atoms with Gasteiger partial charge in [-0.1, -0.05) is 0 Å². The van der Waals surface area contributed by atoms with Crippen LogP contribution in [-0.2, 0) is 4.74 Å². The smallest absolute Gasteiger partial charge is 0.151 e. The molecule has 1 saturated heterocycles. The molecule has 0 aromatic rings. The maximum atomic E-state index is 5.67. The van der Waals surface area contributed by atoms with Crippen LogP contribution in [0.3, 0.4) is 0 Å². The van der Waals surface area contributed by atoms with Crippen molar-refractivity contribution in [2.24, 2.45) is 5.73 Å². The second kappa shape index (κ2) is 1.42. The molecule has 2 N–H and O–H groups in total. The normalized spacial score (nSPS) is 46.0. The lowest BCUT2D eigenvalue weighted by Crippen LogP contribution is -2.70. The van der Waals surface area contributed by atoms with E-state index in [1.165, 1.54) is 0 Å². The fourth-order valence-electron chi connectivity index (χ4n) is 1.42. The molecule has 3 atom stereocenters. The molecule has 1 fully saturated rings. The minimum Gasteiger partial charge on any atom is -0.491 e. The molecule has 9 heavy (non-hydrogen) atoms. The molecule has 3 rings (SSSR count). The van der Waals surface area contributed by atoms with Gasteiger partial charge in [-0.15, -0.1) is 0 Å². The van der Waals surface area contributed by atoms with E-state index in [2.05, 4.69) is 11.8 Å². The Hall–Kier alpha value is -0.700. The fraction of sp³-hybridized carbons (Fsp3) is 0.667. The minimum absolute atomic E-state index is 0.102. The van der Waals surface area contributed by atoms with E-state index in [4.69, 9.17) is 10.5 Å². The summed E-state index contributed by atoms with van der Waals surface area (Å²) in [6, 6.07) is 0.477. The predicted octanol–water partition coefficient (Wildman–Crippen LogP) is -0.155. The third-order valence-corrected chi connectivity index (χ3v) is 2.10. The van der Waals surface area contributed by atoms with Gasteiger partial charge in [0, 0.05) is 6.20 Å². The quantitative estimate of drug-likeness (QED) is 0.490. The highest BCUT2D eigenvalue weighted by Crippen LogP contribution is 2.29. The minimum atomic E-state index is 0.102. The van der Waals surface area contributed by atoms with Gasteiger partial charge < -0.3 is 15.4 Å². The zero-order valence-electron chi connectivity index (χ0n) is 5.32. The summed E-state index contributed by atoms with van der Waals surface area (Å²) in [6.07, 6.45) is 3.93. The van der Waals surface area contributed by atoms with Crippen molar-refractivity contribution < 1.29 is 4.74 Å². The zero-order valence-corrected chi connectivity index (χ0v) is 5.32. The van der Waals surface area contributed by atoms with Crippen molar-refractivity contribution in [1.82, 2.24) is 4.90 Å². The molecule has 0 amide bonds. The van der Waals surface area contributed by atoms with Crippen LogP contribution in [0, 0.1) is 0 Å². The number of nitrogens with zero attached hydrogens (tertiary/aromatic N) is 1. The van der Waals surface area contributed by atoms with Gasteiger partial charge in [-0.3, -0.25) is 0 Å². The fourth-order valence-corrected chi connectivity index (χ4v) is 1.42. The predicted molar refractivity (Wildman–Crippen MR) is 33.3 cm³/mol. The Kier molecular flexibility index (Phi) is 0.805. The lowest BCUT2D eigenvalue weighted by molar-refractivity contribution is -0.110. The topological polar surface area (TPSA) is 38.5 Å². The molecule has 0 spiro atoms. The zero-order chi connectivity index (χ0) is 6.43. The van der Waals surface area contributed by atoms with Gasteiger partial charge in [0.25, 0.3) is 0 Å². The monoisotopic (exact) mass is 126 g/mol. The van der Waals surface area contributed by atoms with E-state index >= 15 is 0 Å². The van der Waals surface area contributed by atoms with Crippen LogP contribution in [0.5, 0.6) is 0 Å². The maximum absolute atomic E-state index is 5.67. The third-order valence-electron chi connectivity index (χ3n) is 2.10. The molecule has 0 aromatic carbocycles. The first kappa shape index (κ1) is 5.11. The van der Waals surface area contributed by atoms with Gasteiger partial charge in [0.2, 0.25) is 0 Å². The molecule has 3 aliphatic rings. The van der Waals surface area contributed by atoms with Crippen LogP contribution in [-0.4, -0.2) is 23.2 Å². The van der Waals surface area contributed by atoms with Crippen LogP contribution < -0.4 is 5.73 Å². The van der Waals surface area contributed by atoms with Gasteiger partial charge in [0.1, 0.15) is 6.17 Å².